The Bertz CT molecular complexity index is 879. The summed E-state index contributed by atoms with van der Waals surface area (Å²) in [6.45, 7) is 0. The average molecular weight is 391 g/mol. The van der Waals surface area contributed by atoms with Crippen LogP contribution >= 0.6 is 24.2 Å². The van der Waals surface area contributed by atoms with Crippen molar-refractivity contribution in [1.29, 1.82) is 0 Å². The maximum Gasteiger partial charge on any atom is 0.241 e. The first kappa shape index (κ1) is 20.3. The number of thioether (sulfide) groups is 1. The van der Waals surface area contributed by atoms with Gasteiger partial charge in [0.15, 0.2) is 0 Å². The number of hydrogen-bond acceptors (Lipinski definition) is 4. The fourth-order valence-electron chi connectivity index (χ4n) is 2.72. The highest BCUT2D eigenvalue weighted by Crippen LogP contribution is 2.24. The third kappa shape index (κ3) is 4.38. The molecule has 3 aromatic rings. The van der Waals surface area contributed by atoms with Crippen molar-refractivity contribution in [3.63, 3.8) is 0 Å². The van der Waals surface area contributed by atoms with Crippen LogP contribution in [0.25, 0.3) is 22.4 Å². The van der Waals surface area contributed by atoms with Crippen LogP contribution in [0.4, 0.5) is 5.69 Å². The molecule has 7 heteroatoms. The van der Waals surface area contributed by atoms with Gasteiger partial charge in [-0.25, -0.2) is 4.98 Å². The maximum atomic E-state index is 12.1. The zero-order valence-electron chi connectivity index (χ0n) is 14.8. The largest absolute Gasteiger partial charge is 0.327 e. The fraction of sp³-hybridized carbons (Fsp3) is 0.263. The molecule has 0 aliphatic carbocycles. The average Bonchev–Trinajstić information content (AvgIpc) is 2.97. The standard InChI is InChI=1S/C19H22N4OS.ClH/c1-23-17-6-4-3-5-16(17)22-18(23)13-7-9-14(10-8-13)21-19(24)15(20)11-12-25-2;/h3-10,15H,11-12,20H2,1-2H3,(H,21,24);1H/t15-;/m0./s1. The summed E-state index contributed by atoms with van der Waals surface area (Å²) in [5.41, 5.74) is 9.70. The Labute approximate surface area is 163 Å². The fourth-order valence-corrected chi connectivity index (χ4v) is 3.21. The van der Waals surface area contributed by atoms with Crippen LogP contribution < -0.4 is 11.1 Å². The summed E-state index contributed by atoms with van der Waals surface area (Å²) in [6.07, 6.45) is 2.68. The van der Waals surface area contributed by atoms with Crippen molar-refractivity contribution < 1.29 is 4.79 Å². The van der Waals surface area contributed by atoms with Crippen LogP contribution in [0.2, 0.25) is 0 Å². The van der Waals surface area contributed by atoms with E-state index in [2.05, 4.69) is 20.9 Å². The molecule has 138 valence electrons. The van der Waals surface area contributed by atoms with Crippen LogP contribution in [0.5, 0.6) is 0 Å². The number of nitrogens with one attached hydrogen (secondary N) is 1. The summed E-state index contributed by atoms with van der Waals surface area (Å²) in [4.78, 5) is 16.8. The Balaban J connectivity index is 0.00000243. The van der Waals surface area contributed by atoms with E-state index in [1.54, 1.807) is 11.8 Å². The molecule has 0 saturated heterocycles. The second-order valence-electron chi connectivity index (χ2n) is 5.94. The molecule has 0 bridgehead atoms. The molecule has 1 atom stereocenters. The predicted molar refractivity (Wildman–Crippen MR) is 113 cm³/mol. The van der Waals surface area contributed by atoms with Crippen LogP contribution in [0.3, 0.4) is 0 Å². The van der Waals surface area contributed by atoms with E-state index in [0.717, 1.165) is 33.9 Å². The molecule has 26 heavy (non-hydrogen) atoms. The number of para-hydroxylation sites is 2. The second-order valence-corrected chi connectivity index (χ2v) is 6.92. The number of nitrogens with two attached hydrogens (primary N) is 1. The van der Waals surface area contributed by atoms with Gasteiger partial charge in [-0.1, -0.05) is 12.1 Å². The van der Waals surface area contributed by atoms with Crippen molar-refractivity contribution >= 4 is 46.8 Å². The van der Waals surface area contributed by atoms with Crippen LogP contribution in [-0.2, 0) is 11.8 Å². The number of benzene rings is 2. The van der Waals surface area contributed by atoms with Crippen LogP contribution in [-0.4, -0.2) is 33.5 Å². The van der Waals surface area contributed by atoms with Crippen LogP contribution in [0.1, 0.15) is 6.42 Å². The highest BCUT2D eigenvalue weighted by atomic mass is 35.5. The number of rotatable bonds is 6. The Morgan fingerprint density at radius 1 is 1.23 bits per heavy atom. The van der Waals surface area contributed by atoms with Crippen molar-refractivity contribution in [2.75, 3.05) is 17.3 Å². The van der Waals surface area contributed by atoms with Gasteiger partial charge in [0.2, 0.25) is 5.91 Å². The van der Waals surface area contributed by atoms with Gasteiger partial charge in [0, 0.05) is 18.3 Å². The first-order valence-electron chi connectivity index (χ1n) is 8.17. The first-order chi connectivity index (χ1) is 12.1. The molecule has 0 aliphatic heterocycles. The molecule has 0 unspecified atom stereocenters. The van der Waals surface area contributed by atoms with Crippen molar-refractivity contribution in [1.82, 2.24) is 9.55 Å². The van der Waals surface area contributed by atoms with Crippen molar-refractivity contribution in [2.45, 2.75) is 12.5 Å². The zero-order chi connectivity index (χ0) is 17.8. The monoisotopic (exact) mass is 390 g/mol. The molecule has 2 aromatic carbocycles. The Kier molecular flexibility index (Phi) is 7.08. The quantitative estimate of drug-likeness (QED) is 0.673. The molecule has 1 heterocycles. The van der Waals surface area contributed by atoms with Crippen LogP contribution in [0.15, 0.2) is 48.5 Å². The molecule has 0 aliphatic rings. The lowest BCUT2D eigenvalue weighted by atomic mass is 10.1. The number of nitrogens with zero attached hydrogens (tertiary/aromatic N) is 2. The first-order valence-corrected chi connectivity index (χ1v) is 9.57. The van der Waals surface area contributed by atoms with Crippen molar-refractivity contribution in [2.24, 2.45) is 12.8 Å². The minimum absolute atomic E-state index is 0. The molecule has 3 N–H and O–H groups in total. The van der Waals surface area contributed by atoms with E-state index < -0.39 is 6.04 Å². The number of halogens is 1. The summed E-state index contributed by atoms with van der Waals surface area (Å²) in [6, 6.07) is 15.3. The topological polar surface area (TPSA) is 72.9 Å². The van der Waals surface area contributed by atoms with Gasteiger partial charge in [-0.3, -0.25) is 4.79 Å². The van der Waals surface area contributed by atoms with Gasteiger partial charge in [-0.2, -0.15) is 11.8 Å². The van der Waals surface area contributed by atoms with E-state index in [-0.39, 0.29) is 18.3 Å². The number of aryl methyl sites for hydroxylation is 1. The second kappa shape index (κ2) is 9.07. The summed E-state index contributed by atoms with van der Waals surface area (Å²) in [5, 5.41) is 2.87. The molecular formula is C19H23ClN4OS. The Morgan fingerprint density at radius 3 is 2.58 bits per heavy atom. The highest BCUT2D eigenvalue weighted by molar-refractivity contribution is 7.98. The summed E-state index contributed by atoms with van der Waals surface area (Å²) < 4.78 is 2.07. The zero-order valence-corrected chi connectivity index (χ0v) is 16.4. The third-order valence-electron chi connectivity index (χ3n) is 4.17. The summed E-state index contributed by atoms with van der Waals surface area (Å²) in [7, 11) is 2.01. The Morgan fingerprint density at radius 2 is 1.92 bits per heavy atom. The molecule has 0 spiro atoms. The van der Waals surface area contributed by atoms with Gasteiger partial charge >= 0.3 is 0 Å². The van der Waals surface area contributed by atoms with Crippen LogP contribution in [0, 0.1) is 0 Å². The molecule has 1 amide bonds. The lowest BCUT2D eigenvalue weighted by Gasteiger charge is -2.12. The molecular weight excluding hydrogens is 368 g/mol. The summed E-state index contributed by atoms with van der Waals surface area (Å²) >= 11 is 1.69. The molecule has 0 saturated carbocycles. The SMILES string of the molecule is CSCC[C@H](N)C(=O)Nc1ccc(-c2nc3ccccc3n2C)cc1.Cl. The number of aromatic nitrogens is 2. The van der Waals surface area contributed by atoms with E-state index in [1.807, 2.05) is 55.8 Å². The third-order valence-corrected chi connectivity index (χ3v) is 4.81. The number of amides is 1. The van der Waals surface area contributed by atoms with Gasteiger partial charge in [-0.05, 0) is 54.8 Å². The molecule has 0 radical (unpaired) electrons. The number of carbonyl (C=O) groups excluding carboxylic acids is 1. The maximum absolute atomic E-state index is 12.1. The number of anilines is 1. The van der Waals surface area contributed by atoms with E-state index in [4.69, 9.17) is 5.73 Å². The molecule has 3 rings (SSSR count). The number of hydrogen-bond donors (Lipinski definition) is 2. The Hall–Kier alpha value is -2.02. The summed E-state index contributed by atoms with van der Waals surface area (Å²) in [5.74, 6) is 1.63. The lowest BCUT2D eigenvalue weighted by molar-refractivity contribution is -0.117. The number of carbonyl (C=O) groups is 1. The number of imidazole rings is 1. The lowest BCUT2D eigenvalue weighted by Crippen LogP contribution is -2.36. The van der Waals surface area contributed by atoms with E-state index in [0.29, 0.717) is 6.42 Å². The van der Waals surface area contributed by atoms with Gasteiger partial charge in [0.25, 0.3) is 0 Å². The van der Waals surface area contributed by atoms with Crippen molar-refractivity contribution in [3.05, 3.63) is 48.5 Å². The van der Waals surface area contributed by atoms with Gasteiger partial charge in [-0.15, -0.1) is 12.4 Å². The van der Waals surface area contributed by atoms with E-state index in [9.17, 15) is 4.79 Å². The van der Waals surface area contributed by atoms with E-state index >= 15 is 0 Å². The molecule has 1 aromatic heterocycles. The van der Waals surface area contributed by atoms with Gasteiger partial charge in [0.1, 0.15) is 5.82 Å². The molecule has 5 nitrogen and oxygen atoms in total. The van der Waals surface area contributed by atoms with Gasteiger partial charge in [0.05, 0.1) is 17.1 Å². The minimum atomic E-state index is -0.480. The van der Waals surface area contributed by atoms with Gasteiger partial charge < -0.3 is 15.6 Å². The minimum Gasteiger partial charge on any atom is -0.327 e. The van der Waals surface area contributed by atoms with E-state index in [1.165, 1.54) is 0 Å². The number of fused-ring (bicyclic) bond motifs is 1. The smallest absolute Gasteiger partial charge is 0.241 e. The molecule has 0 fully saturated rings. The normalized spacial score (nSPS) is 11.8. The highest BCUT2D eigenvalue weighted by Gasteiger charge is 2.14. The van der Waals surface area contributed by atoms with Crippen molar-refractivity contribution in [3.8, 4) is 11.4 Å². The predicted octanol–water partition coefficient (Wildman–Crippen LogP) is 3.68.